The number of aliphatic hydroxyl groups is 1. The lowest BCUT2D eigenvalue weighted by Gasteiger charge is -2.18. The second-order valence-corrected chi connectivity index (χ2v) is 2.81. The molecule has 0 aromatic heterocycles. The van der Waals surface area contributed by atoms with E-state index in [1.807, 2.05) is 20.9 Å². The Hall–Kier alpha value is -0.120. The standard InChI is InChI=1S/C7H16N2O.C2H6/c1-8-6-3-2-4-9-5-7(6)10;1-2/h6-10H,2-5H2,1H3;1-2H3. The van der Waals surface area contributed by atoms with Crippen LogP contribution in [0, 0.1) is 0 Å². The molecular formula is C9H22N2O. The van der Waals surface area contributed by atoms with Gasteiger partial charge in [0.25, 0.3) is 0 Å². The van der Waals surface area contributed by atoms with Gasteiger partial charge in [-0.1, -0.05) is 13.8 Å². The van der Waals surface area contributed by atoms with E-state index in [1.165, 1.54) is 0 Å². The highest BCUT2D eigenvalue weighted by atomic mass is 16.3. The largest absolute Gasteiger partial charge is 0.390 e. The Bertz CT molecular complexity index is 98.5. The van der Waals surface area contributed by atoms with Gasteiger partial charge >= 0.3 is 0 Å². The Balaban J connectivity index is 0.000000561. The third-order valence-electron chi connectivity index (χ3n) is 2.06. The molecular weight excluding hydrogens is 152 g/mol. The molecule has 74 valence electrons. The SMILES string of the molecule is CC.CNC1CCCNCC1O. The van der Waals surface area contributed by atoms with Gasteiger partial charge in [-0.2, -0.15) is 0 Å². The number of aliphatic hydroxyl groups excluding tert-OH is 1. The zero-order valence-electron chi connectivity index (χ0n) is 8.43. The van der Waals surface area contributed by atoms with Gasteiger partial charge in [0.2, 0.25) is 0 Å². The van der Waals surface area contributed by atoms with E-state index in [0.29, 0.717) is 0 Å². The summed E-state index contributed by atoms with van der Waals surface area (Å²) in [7, 11) is 1.90. The average molecular weight is 174 g/mol. The van der Waals surface area contributed by atoms with Gasteiger partial charge in [-0.25, -0.2) is 0 Å². The lowest BCUT2D eigenvalue weighted by atomic mass is 10.1. The number of β-amino-alcohol motifs (C(OH)–C–C–N with tert-alkyl or cyclic N) is 1. The Morgan fingerprint density at radius 3 is 2.67 bits per heavy atom. The maximum absolute atomic E-state index is 9.42. The molecule has 0 saturated carbocycles. The fourth-order valence-corrected chi connectivity index (χ4v) is 1.37. The predicted octanol–water partition coefficient (Wildman–Crippen LogP) is 0.345. The molecule has 0 bridgehead atoms. The van der Waals surface area contributed by atoms with Crippen molar-refractivity contribution in [3.63, 3.8) is 0 Å². The van der Waals surface area contributed by atoms with Gasteiger partial charge < -0.3 is 15.7 Å². The molecule has 2 unspecified atom stereocenters. The molecule has 12 heavy (non-hydrogen) atoms. The molecule has 1 rings (SSSR count). The van der Waals surface area contributed by atoms with Crippen LogP contribution in [-0.4, -0.2) is 37.4 Å². The summed E-state index contributed by atoms with van der Waals surface area (Å²) in [6.45, 7) is 5.76. The fourth-order valence-electron chi connectivity index (χ4n) is 1.37. The van der Waals surface area contributed by atoms with E-state index in [2.05, 4.69) is 10.6 Å². The van der Waals surface area contributed by atoms with Gasteiger partial charge in [-0.05, 0) is 26.4 Å². The summed E-state index contributed by atoms with van der Waals surface area (Å²) in [6, 6.07) is 0.287. The first-order chi connectivity index (χ1) is 5.84. The maximum Gasteiger partial charge on any atom is 0.0817 e. The molecule has 0 spiro atoms. The molecule has 3 heteroatoms. The third kappa shape index (κ3) is 4.04. The van der Waals surface area contributed by atoms with Crippen molar-refractivity contribution in [3.05, 3.63) is 0 Å². The first kappa shape index (κ1) is 11.9. The Kier molecular flexibility index (Phi) is 7.45. The van der Waals surface area contributed by atoms with Crippen molar-refractivity contribution in [1.29, 1.82) is 0 Å². The van der Waals surface area contributed by atoms with Crippen LogP contribution < -0.4 is 10.6 Å². The van der Waals surface area contributed by atoms with Crippen LogP contribution >= 0.6 is 0 Å². The van der Waals surface area contributed by atoms with Crippen LogP contribution in [0.3, 0.4) is 0 Å². The second kappa shape index (κ2) is 7.53. The zero-order valence-corrected chi connectivity index (χ0v) is 8.43. The van der Waals surface area contributed by atoms with E-state index >= 15 is 0 Å². The third-order valence-corrected chi connectivity index (χ3v) is 2.06. The number of likely N-dealkylation sites (N-methyl/N-ethyl adjacent to an activating group) is 1. The topological polar surface area (TPSA) is 44.3 Å². The van der Waals surface area contributed by atoms with Crippen LogP contribution in [0.4, 0.5) is 0 Å². The van der Waals surface area contributed by atoms with Crippen LogP contribution in [0.2, 0.25) is 0 Å². The van der Waals surface area contributed by atoms with Crippen LogP contribution in [0.15, 0.2) is 0 Å². The molecule has 3 N–H and O–H groups in total. The highest BCUT2D eigenvalue weighted by Crippen LogP contribution is 2.04. The molecule has 0 aliphatic carbocycles. The van der Waals surface area contributed by atoms with Crippen molar-refractivity contribution >= 4 is 0 Å². The summed E-state index contributed by atoms with van der Waals surface area (Å²) in [5.41, 5.74) is 0. The fraction of sp³-hybridized carbons (Fsp3) is 1.00. The van der Waals surface area contributed by atoms with Crippen molar-refractivity contribution < 1.29 is 5.11 Å². The summed E-state index contributed by atoms with van der Waals surface area (Å²) in [6.07, 6.45) is 2.01. The minimum Gasteiger partial charge on any atom is -0.390 e. The van der Waals surface area contributed by atoms with Crippen LogP contribution in [0.25, 0.3) is 0 Å². The predicted molar refractivity (Wildman–Crippen MR) is 52.3 cm³/mol. The van der Waals surface area contributed by atoms with Gasteiger partial charge in [0, 0.05) is 12.6 Å². The smallest absolute Gasteiger partial charge is 0.0817 e. The first-order valence-corrected chi connectivity index (χ1v) is 4.90. The molecule has 0 radical (unpaired) electrons. The van der Waals surface area contributed by atoms with Crippen LogP contribution in [0.1, 0.15) is 26.7 Å². The van der Waals surface area contributed by atoms with Gasteiger partial charge in [-0.15, -0.1) is 0 Å². The van der Waals surface area contributed by atoms with Crippen LogP contribution in [-0.2, 0) is 0 Å². The molecule has 1 fully saturated rings. The van der Waals surface area contributed by atoms with E-state index in [0.717, 1.165) is 25.9 Å². The lowest BCUT2D eigenvalue weighted by molar-refractivity contribution is 0.134. The molecule has 0 aromatic rings. The minimum atomic E-state index is -0.215. The molecule has 2 atom stereocenters. The number of hydrogen-bond donors (Lipinski definition) is 3. The highest BCUT2D eigenvalue weighted by Gasteiger charge is 2.18. The van der Waals surface area contributed by atoms with E-state index in [1.54, 1.807) is 0 Å². The molecule has 1 aliphatic heterocycles. The number of rotatable bonds is 1. The minimum absolute atomic E-state index is 0.215. The van der Waals surface area contributed by atoms with Gasteiger partial charge in [0.1, 0.15) is 0 Å². The normalized spacial score (nSPS) is 30.0. The van der Waals surface area contributed by atoms with E-state index in [9.17, 15) is 5.11 Å². The molecule has 0 amide bonds. The Morgan fingerprint density at radius 2 is 2.08 bits per heavy atom. The summed E-state index contributed by atoms with van der Waals surface area (Å²) < 4.78 is 0. The second-order valence-electron chi connectivity index (χ2n) is 2.81. The van der Waals surface area contributed by atoms with Crippen molar-refractivity contribution in [3.8, 4) is 0 Å². The first-order valence-electron chi connectivity index (χ1n) is 4.90. The maximum atomic E-state index is 9.42. The summed E-state index contributed by atoms with van der Waals surface area (Å²) in [5, 5.41) is 15.7. The molecule has 3 nitrogen and oxygen atoms in total. The summed E-state index contributed by atoms with van der Waals surface area (Å²) >= 11 is 0. The van der Waals surface area contributed by atoms with Gasteiger partial charge in [-0.3, -0.25) is 0 Å². The molecule has 1 saturated heterocycles. The van der Waals surface area contributed by atoms with Gasteiger partial charge in [0.15, 0.2) is 0 Å². The summed E-state index contributed by atoms with van der Waals surface area (Å²) in [4.78, 5) is 0. The average Bonchev–Trinajstić information content (AvgIpc) is 2.33. The Labute approximate surface area is 75.6 Å². The zero-order chi connectivity index (χ0) is 9.40. The molecule has 1 aliphatic rings. The molecule has 1 heterocycles. The Morgan fingerprint density at radius 1 is 1.42 bits per heavy atom. The van der Waals surface area contributed by atoms with Crippen molar-refractivity contribution in [2.24, 2.45) is 0 Å². The van der Waals surface area contributed by atoms with Crippen molar-refractivity contribution in [1.82, 2.24) is 10.6 Å². The lowest BCUT2D eigenvalue weighted by Crippen LogP contribution is -2.40. The van der Waals surface area contributed by atoms with Gasteiger partial charge in [0.05, 0.1) is 6.10 Å². The van der Waals surface area contributed by atoms with Crippen molar-refractivity contribution in [2.75, 3.05) is 20.1 Å². The number of nitrogens with one attached hydrogen (secondary N) is 2. The summed E-state index contributed by atoms with van der Waals surface area (Å²) in [5.74, 6) is 0. The van der Waals surface area contributed by atoms with E-state index < -0.39 is 0 Å². The number of hydrogen-bond acceptors (Lipinski definition) is 3. The van der Waals surface area contributed by atoms with Crippen LogP contribution in [0.5, 0.6) is 0 Å². The van der Waals surface area contributed by atoms with E-state index in [-0.39, 0.29) is 12.1 Å². The van der Waals surface area contributed by atoms with E-state index in [4.69, 9.17) is 0 Å². The van der Waals surface area contributed by atoms with Crippen molar-refractivity contribution in [2.45, 2.75) is 38.8 Å². The quantitative estimate of drug-likeness (QED) is 0.537. The molecule has 0 aromatic carbocycles. The monoisotopic (exact) mass is 174 g/mol. The highest BCUT2D eigenvalue weighted by molar-refractivity contribution is 4.79.